The summed E-state index contributed by atoms with van der Waals surface area (Å²) in [6.45, 7) is 0. The highest BCUT2D eigenvalue weighted by atomic mass is 32.2. The van der Waals surface area contributed by atoms with Gasteiger partial charge in [-0.15, -0.1) is 11.3 Å². The standard InChI is InChI=1S/C21H18FN5OS2/c1-26-21(23)25-17(12-30(26)28)20-18(22)16-9-5-8-15(19(16)29-20)13-10-24-27(11-13)14-6-3-2-4-7-14/h2-11,17H,12H2,1H3,(H2,23,25). The van der Waals surface area contributed by atoms with Crippen molar-refractivity contribution in [3.8, 4) is 16.8 Å². The highest BCUT2D eigenvalue weighted by Crippen LogP contribution is 2.41. The van der Waals surface area contributed by atoms with Gasteiger partial charge in [-0.25, -0.2) is 18.3 Å². The summed E-state index contributed by atoms with van der Waals surface area (Å²) in [5.41, 5.74) is 8.62. The zero-order chi connectivity index (χ0) is 20.8. The van der Waals surface area contributed by atoms with Crippen LogP contribution in [0.25, 0.3) is 26.9 Å². The molecule has 2 N–H and O–H groups in total. The first kappa shape index (κ1) is 19.0. The SMILES string of the molecule is CN1C(N)=NC(c2sc3c(-c4cnn(-c5ccccc5)c4)cccc3c2F)CS1=O. The molecule has 0 saturated heterocycles. The summed E-state index contributed by atoms with van der Waals surface area (Å²) in [6, 6.07) is 14.8. The molecule has 3 heterocycles. The first-order valence-corrected chi connectivity index (χ1v) is 11.4. The second-order valence-corrected chi connectivity index (χ2v) is 9.54. The molecule has 2 aromatic heterocycles. The molecule has 0 bridgehead atoms. The second-order valence-electron chi connectivity index (χ2n) is 6.96. The third kappa shape index (κ3) is 3.10. The number of hydrogen-bond donors (Lipinski definition) is 1. The minimum atomic E-state index is -1.33. The van der Waals surface area contributed by atoms with Crippen molar-refractivity contribution in [2.75, 3.05) is 12.8 Å². The minimum Gasteiger partial charge on any atom is -0.369 e. The van der Waals surface area contributed by atoms with E-state index in [2.05, 4.69) is 10.1 Å². The third-order valence-corrected chi connectivity index (χ3v) is 7.83. The number of thiophene rings is 1. The monoisotopic (exact) mass is 439 g/mol. The van der Waals surface area contributed by atoms with Gasteiger partial charge in [-0.3, -0.25) is 4.31 Å². The minimum absolute atomic E-state index is 0.158. The van der Waals surface area contributed by atoms with Crippen LogP contribution < -0.4 is 5.73 Å². The number of rotatable bonds is 3. The van der Waals surface area contributed by atoms with Crippen molar-refractivity contribution in [1.29, 1.82) is 0 Å². The number of aromatic nitrogens is 2. The molecule has 4 aromatic rings. The number of aliphatic imine (C=N–C) groups is 1. The van der Waals surface area contributed by atoms with Crippen molar-refractivity contribution in [3.63, 3.8) is 0 Å². The van der Waals surface area contributed by atoms with Crippen LogP contribution in [0.5, 0.6) is 0 Å². The van der Waals surface area contributed by atoms with Gasteiger partial charge in [0, 0.05) is 34.5 Å². The van der Waals surface area contributed by atoms with Crippen LogP contribution in [-0.2, 0) is 11.0 Å². The van der Waals surface area contributed by atoms with Gasteiger partial charge in [-0.1, -0.05) is 36.4 Å². The number of halogens is 1. The summed E-state index contributed by atoms with van der Waals surface area (Å²) in [6.07, 6.45) is 3.71. The van der Waals surface area contributed by atoms with E-state index in [9.17, 15) is 4.21 Å². The molecular formula is C21H18FN5OS2. The predicted molar refractivity (Wildman–Crippen MR) is 119 cm³/mol. The zero-order valence-electron chi connectivity index (χ0n) is 16.0. The molecule has 6 nitrogen and oxygen atoms in total. The molecule has 2 aromatic carbocycles. The van der Waals surface area contributed by atoms with E-state index in [1.54, 1.807) is 24.0 Å². The van der Waals surface area contributed by atoms with Gasteiger partial charge in [0.2, 0.25) is 5.96 Å². The van der Waals surface area contributed by atoms with E-state index in [1.165, 1.54) is 15.6 Å². The lowest BCUT2D eigenvalue weighted by Crippen LogP contribution is -2.41. The topological polar surface area (TPSA) is 76.5 Å². The molecule has 5 rings (SSSR count). The van der Waals surface area contributed by atoms with E-state index in [0.717, 1.165) is 21.5 Å². The Bertz CT molecular complexity index is 1300. The Labute approximate surface area is 179 Å². The van der Waals surface area contributed by atoms with E-state index < -0.39 is 17.0 Å². The van der Waals surface area contributed by atoms with Gasteiger partial charge in [-0.2, -0.15) is 5.10 Å². The van der Waals surface area contributed by atoms with Crippen LogP contribution in [0.3, 0.4) is 0 Å². The van der Waals surface area contributed by atoms with Crippen molar-refractivity contribution in [2.24, 2.45) is 10.7 Å². The molecule has 30 heavy (non-hydrogen) atoms. The van der Waals surface area contributed by atoms with Gasteiger partial charge >= 0.3 is 0 Å². The van der Waals surface area contributed by atoms with Crippen LogP contribution in [-0.4, -0.2) is 37.1 Å². The zero-order valence-corrected chi connectivity index (χ0v) is 17.7. The van der Waals surface area contributed by atoms with Crippen LogP contribution in [0, 0.1) is 5.82 Å². The van der Waals surface area contributed by atoms with E-state index in [0.29, 0.717) is 10.3 Å². The van der Waals surface area contributed by atoms with Crippen LogP contribution >= 0.6 is 11.3 Å². The molecule has 152 valence electrons. The number of nitrogens with zero attached hydrogens (tertiary/aromatic N) is 4. The molecule has 0 aliphatic carbocycles. The molecule has 1 aliphatic rings. The Kier molecular flexibility index (Phi) is 4.63. The van der Waals surface area contributed by atoms with Gasteiger partial charge < -0.3 is 5.73 Å². The normalized spacial score (nSPS) is 19.3. The fourth-order valence-electron chi connectivity index (χ4n) is 3.50. The van der Waals surface area contributed by atoms with Gasteiger partial charge in [0.05, 0.1) is 22.5 Å². The van der Waals surface area contributed by atoms with Gasteiger partial charge in [0.15, 0.2) is 0 Å². The van der Waals surface area contributed by atoms with Crippen molar-refractivity contribution < 1.29 is 8.60 Å². The lowest BCUT2D eigenvalue weighted by atomic mass is 10.1. The van der Waals surface area contributed by atoms with Crippen LogP contribution in [0.1, 0.15) is 10.9 Å². The molecule has 9 heteroatoms. The van der Waals surface area contributed by atoms with E-state index >= 15 is 4.39 Å². The maximum Gasteiger partial charge on any atom is 0.203 e. The molecular weight excluding hydrogens is 421 g/mol. The molecule has 0 saturated carbocycles. The Hall–Kier alpha value is -3.04. The van der Waals surface area contributed by atoms with Crippen molar-refractivity contribution >= 4 is 38.4 Å². The average Bonchev–Trinajstić information content (AvgIpc) is 3.38. The summed E-state index contributed by atoms with van der Waals surface area (Å²) in [4.78, 5) is 4.82. The smallest absolute Gasteiger partial charge is 0.203 e. The lowest BCUT2D eigenvalue weighted by Gasteiger charge is -2.25. The predicted octanol–water partition coefficient (Wildman–Crippen LogP) is 3.86. The van der Waals surface area contributed by atoms with E-state index in [4.69, 9.17) is 5.73 Å². The average molecular weight is 440 g/mol. The Morgan fingerprint density at radius 2 is 2.00 bits per heavy atom. The lowest BCUT2D eigenvalue weighted by molar-refractivity contribution is 0.592. The molecule has 2 atom stereocenters. The molecule has 0 radical (unpaired) electrons. The molecule has 2 unspecified atom stereocenters. The van der Waals surface area contributed by atoms with E-state index in [1.807, 2.05) is 48.7 Å². The van der Waals surface area contributed by atoms with Crippen molar-refractivity contribution in [3.05, 3.63) is 71.6 Å². The number of fused-ring (bicyclic) bond motifs is 1. The fraction of sp³-hybridized carbons (Fsp3) is 0.143. The fourth-order valence-corrected chi connectivity index (χ4v) is 5.85. The molecule has 0 fully saturated rings. The summed E-state index contributed by atoms with van der Waals surface area (Å²) in [7, 11) is 0.289. The van der Waals surface area contributed by atoms with E-state index in [-0.39, 0.29) is 17.5 Å². The van der Waals surface area contributed by atoms with Crippen LogP contribution in [0.15, 0.2) is 65.9 Å². The first-order chi connectivity index (χ1) is 14.5. The van der Waals surface area contributed by atoms with Gasteiger partial charge in [0.1, 0.15) is 22.8 Å². The highest BCUT2D eigenvalue weighted by molar-refractivity contribution is 7.83. The van der Waals surface area contributed by atoms with Crippen molar-refractivity contribution in [2.45, 2.75) is 6.04 Å². The van der Waals surface area contributed by atoms with Crippen molar-refractivity contribution in [1.82, 2.24) is 14.1 Å². The Balaban J connectivity index is 1.60. The quantitative estimate of drug-likeness (QED) is 0.527. The summed E-state index contributed by atoms with van der Waals surface area (Å²) in [5.74, 6) is 0.0450. The number of para-hydroxylation sites is 1. The summed E-state index contributed by atoms with van der Waals surface area (Å²) < 4.78 is 31.6. The third-order valence-electron chi connectivity index (χ3n) is 5.11. The first-order valence-electron chi connectivity index (χ1n) is 9.30. The Morgan fingerprint density at radius 3 is 2.77 bits per heavy atom. The van der Waals surface area contributed by atoms with Crippen LogP contribution in [0.2, 0.25) is 0 Å². The molecule has 0 amide bonds. The number of guanidine groups is 1. The molecule has 1 aliphatic heterocycles. The number of nitrogens with two attached hydrogens (primary N) is 1. The van der Waals surface area contributed by atoms with Crippen LogP contribution in [0.4, 0.5) is 4.39 Å². The highest BCUT2D eigenvalue weighted by Gasteiger charge is 2.29. The maximum absolute atomic E-state index is 15.3. The second kappa shape index (κ2) is 7.33. The Morgan fingerprint density at radius 1 is 1.20 bits per heavy atom. The summed E-state index contributed by atoms with van der Waals surface area (Å²) >= 11 is 1.33. The number of benzene rings is 2. The molecule has 0 spiro atoms. The van der Waals surface area contributed by atoms with Gasteiger partial charge in [-0.05, 0) is 12.1 Å². The summed E-state index contributed by atoms with van der Waals surface area (Å²) in [5, 5.41) is 4.99. The largest absolute Gasteiger partial charge is 0.369 e. The maximum atomic E-state index is 15.3. The number of hydrogen-bond acceptors (Lipinski definition) is 5. The van der Waals surface area contributed by atoms with Gasteiger partial charge in [0.25, 0.3) is 0 Å².